The second kappa shape index (κ2) is 8.94. The number of ether oxygens (including phenoxy) is 1. The molecule has 2 aliphatic heterocycles. The van der Waals surface area contributed by atoms with Crippen molar-refractivity contribution >= 4 is 11.7 Å². The molecule has 1 amide bonds. The van der Waals surface area contributed by atoms with E-state index in [0.29, 0.717) is 19.4 Å². The van der Waals surface area contributed by atoms with E-state index in [1.54, 1.807) is 7.11 Å². The van der Waals surface area contributed by atoms with Crippen molar-refractivity contribution in [1.29, 1.82) is 0 Å². The van der Waals surface area contributed by atoms with E-state index in [4.69, 9.17) is 14.7 Å². The Balaban J connectivity index is 1.48. The van der Waals surface area contributed by atoms with Crippen molar-refractivity contribution in [2.45, 2.75) is 51.7 Å². The summed E-state index contributed by atoms with van der Waals surface area (Å²) in [6, 6.07) is 10.0. The van der Waals surface area contributed by atoms with Crippen LogP contribution in [0.15, 0.2) is 36.5 Å². The van der Waals surface area contributed by atoms with E-state index in [1.807, 2.05) is 54.0 Å². The van der Waals surface area contributed by atoms with Crippen LogP contribution in [-0.2, 0) is 31.4 Å². The van der Waals surface area contributed by atoms with Crippen molar-refractivity contribution in [3.8, 4) is 5.75 Å². The first-order valence-electron chi connectivity index (χ1n) is 11.6. The SMILES string of the molecule is COc1ccccc1CN1C(=O)CCc2c(C)nc([C@H]3CCCN3Cc3ccnn3C)nc21. The van der Waals surface area contributed by atoms with E-state index in [1.165, 1.54) is 5.69 Å². The summed E-state index contributed by atoms with van der Waals surface area (Å²) in [6.07, 6.45) is 5.11. The van der Waals surface area contributed by atoms with Crippen LogP contribution < -0.4 is 9.64 Å². The lowest BCUT2D eigenvalue weighted by molar-refractivity contribution is -0.119. The molecule has 0 saturated carbocycles. The van der Waals surface area contributed by atoms with Crippen molar-refractivity contribution < 1.29 is 9.53 Å². The molecular weight excluding hydrogens is 416 g/mol. The van der Waals surface area contributed by atoms with E-state index in [2.05, 4.69) is 16.1 Å². The minimum atomic E-state index is 0.0932. The third-order valence-electron chi connectivity index (χ3n) is 6.83. The summed E-state index contributed by atoms with van der Waals surface area (Å²) in [5, 5.41) is 4.30. The highest BCUT2D eigenvalue weighted by molar-refractivity contribution is 5.95. The fourth-order valence-electron chi connectivity index (χ4n) is 4.99. The number of hydrogen-bond acceptors (Lipinski definition) is 6. The first-order valence-corrected chi connectivity index (χ1v) is 11.6. The first kappa shape index (κ1) is 21.6. The van der Waals surface area contributed by atoms with Gasteiger partial charge in [-0.3, -0.25) is 19.3 Å². The molecule has 0 spiro atoms. The van der Waals surface area contributed by atoms with E-state index in [9.17, 15) is 4.79 Å². The number of methoxy groups -OCH3 is 1. The van der Waals surface area contributed by atoms with Gasteiger partial charge in [0.1, 0.15) is 17.4 Å². The number of nitrogens with zero attached hydrogens (tertiary/aromatic N) is 6. The van der Waals surface area contributed by atoms with Crippen LogP contribution in [-0.4, -0.2) is 44.2 Å². The quantitative estimate of drug-likeness (QED) is 0.578. The second-order valence-electron chi connectivity index (χ2n) is 8.84. The van der Waals surface area contributed by atoms with Crippen LogP contribution in [0.1, 0.15) is 53.6 Å². The fourth-order valence-corrected chi connectivity index (χ4v) is 4.99. The average molecular weight is 447 g/mol. The number of hydrogen-bond donors (Lipinski definition) is 0. The summed E-state index contributed by atoms with van der Waals surface area (Å²) in [5.41, 5.74) is 4.19. The minimum Gasteiger partial charge on any atom is -0.496 e. The lowest BCUT2D eigenvalue weighted by Crippen LogP contribution is -2.37. The normalized spacial score (nSPS) is 18.6. The Morgan fingerprint density at radius 1 is 1.12 bits per heavy atom. The van der Waals surface area contributed by atoms with Crippen LogP contribution in [0, 0.1) is 6.92 Å². The number of rotatable bonds is 6. The molecule has 5 rings (SSSR count). The minimum absolute atomic E-state index is 0.0932. The van der Waals surface area contributed by atoms with Gasteiger partial charge in [-0.05, 0) is 44.9 Å². The van der Waals surface area contributed by atoms with Gasteiger partial charge in [0.05, 0.1) is 25.4 Å². The van der Waals surface area contributed by atoms with Crippen LogP contribution in [0.25, 0.3) is 0 Å². The molecule has 0 N–H and O–H groups in total. The van der Waals surface area contributed by atoms with Gasteiger partial charge in [-0.2, -0.15) is 5.10 Å². The highest BCUT2D eigenvalue weighted by Gasteiger charge is 2.33. The van der Waals surface area contributed by atoms with E-state index >= 15 is 0 Å². The van der Waals surface area contributed by atoms with Crippen LogP contribution in [0.2, 0.25) is 0 Å². The number of fused-ring (bicyclic) bond motifs is 1. The summed E-state index contributed by atoms with van der Waals surface area (Å²) >= 11 is 0. The van der Waals surface area contributed by atoms with Gasteiger partial charge in [0.2, 0.25) is 5.91 Å². The molecule has 2 aromatic heterocycles. The molecule has 0 radical (unpaired) electrons. The van der Waals surface area contributed by atoms with E-state index < -0.39 is 0 Å². The van der Waals surface area contributed by atoms with Crippen molar-refractivity contribution in [2.24, 2.45) is 7.05 Å². The van der Waals surface area contributed by atoms with Crippen molar-refractivity contribution in [3.05, 3.63) is 64.9 Å². The lowest BCUT2D eigenvalue weighted by atomic mass is 10.0. The summed E-state index contributed by atoms with van der Waals surface area (Å²) in [5.74, 6) is 2.44. The number of aromatic nitrogens is 4. The van der Waals surface area contributed by atoms with Crippen LogP contribution in [0.3, 0.4) is 0 Å². The van der Waals surface area contributed by atoms with Crippen LogP contribution in [0.5, 0.6) is 5.75 Å². The van der Waals surface area contributed by atoms with Gasteiger partial charge in [0.15, 0.2) is 0 Å². The Morgan fingerprint density at radius 3 is 2.76 bits per heavy atom. The monoisotopic (exact) mass is 446 g/mol. The third kappa shape index (κ3) is 4.11. The maximum atomic E-state index is 13.0. The molecule has 2 aliphatic rings. The molecule has 4 heterocycles. The van der Waals surface area contributed by atoms with Gasteiger partial charge in [-0.1, -0.05) is 18.2 Å². The maximum Gasteiger partial charge on any atom is 0.228 e. The van der Waals surface area contributed by atoms with Gasteiger partial charge in [0, 0.05) is 43.0 Å². The number of para-hydroxylation sites is 1. The zero-order valence-corrected chi connectivity index (χ0v) is 19.5. The third-order valence-corrected chi connectivity index (χ3v) is 6.83. The molecule has 1 saturated heterocycles. The number of amides is 1. The van der Waals surface area contributed by atoms with Crippen molar-refractivity contribution in [2.75, 3.05) is 18.6 Å². The van der Waals surface area contributed by atoms with Crippen molar-refractivity contribution in [3.63, 3.8) is 0 Å². The summed E-state index contributed by atoms with van der Waals surface area (Å²) in [7, 11) is 3.63. The molecule has 33 heavy (non-hydrogen) atoms. The van der Waals surface area contributed by atoms with Gasteiger partial charge in [-0.15, -0.1) is 0 Å². The molecule has 1 fully saturated rings. The molecule has 8 nitrogen and oxygen atoms in total. The Labute approximate surface area is 194 Å². The van der Waals surface area contributed by atoms with Crippen molar-refractivity contribution in [1.82, 2.24) is 24.6 Å². The molecule has 0 bridgehead atoms. The largest absolute Gasteiger partial charge is 0.496 e. The molecular formula is C25H30N6O2. The number of carbonyl (C=O) groups excluding carboxylic acids is 1. The molecule has 1 aromatic carbocycles. The molecule has 0 aliphatic carbocycles. The number of benzene rings is 1. The van der Waals surface area contributed by atoms with Gasteiger partial charge < -0.3 is 4.74 Å². The topological polar surface area (TPSA) is 76.4 Å². The smallest absolute Gasteiger partial charge is 0.228 e. The maximum absolute atomic E-state index is 13.0. The van der Waals surface area contributed by atoms with E-state index in [0.717, 1.165) is 60.1 Å². The Hall–Kier alpha value is -3.26. The number of likely N-dealkylation sites (tertiary alicyclic amines) is 1. The summed E-state index contributed by atoms with van der Waals surface area (Å²) in [6.45, 7) is 4.29. The molecule has 8 heteroatoms. The summed E-state index contributed by atoms with van der Waals surface area (Å²) < 4.78 is 7.45. The Morgan fingerprint density at radius 2 is 1.97 bits per heavy atom. The van der Waals surface area contributed by atoms with Gasteiger partial charge in [0.25, 0.3) is 0 Å². The van der Waals surface area contributed by atoms with Gasteiger partial charge >= 0.3 is 0 Å². The highest BCUT2D eigenvalue weighted by Crippen LogP contribution is 2.36. The average Bonchev–Trinajstić information content (AvgIpc) is 3.45. The Kier molecular flexibility index (Phi) is 5.85. The Bertz CT molecular complexity index is 1170. The summed E-state index contributed by atoms with van der Waals surface area (Å²) in [4.78, 5) is 27.2. The first-order chi connectivity index (χ1) is 16.0. The lowest BCUT2D eigenvalue weighted by Gasteiger charge is -2.31. The number of carbonyl (C=O) groups is 1. The van der Waals surface area contributed by atoms with E-state index in [-0.39, 0.29) is 11.9 Å². The zero-order chi connectivity index (χ0) is 22.9. The molecule has 3 aromatic rings. The predicted molar refractivity (Wildman–Crippen MR) is 125 cm³/mol. The standard InChI is InChI=1S/C25H30N6O2/c1-17-20-10-11-23(32)31(15-18-7-4-5-9-22(18)33-3)25(20)28-24(27-17)21-8-6-14-30(21)16-19-12-13-26-29(19)2/h4-5,7,9,12-13,21H,6,8,10-11,14-16H2,1-3H3/t21-/m1/s1. The number of anilines is 1. The zero-order valence-electron chi connectivity index (χ0n) is 19.5. The van der Waals surface area contributed by atoms with Crippen LogP contribution >= 0.6 is 0 Å². The molecule has 172 valence electrons. The highest BCUT2D eigenvalue weighted by atomic mass is 16.5. The molecule has 1 atom stereocenters. The second-order valence-corrected chi connectivity index (χ2v) is 8.84. The molecule has 0 unspecified atom stereocenters. The van der Waals surface area contributed by atoms with Crippen LogP contribution in [0.4, 0.5) is 5.82 Å². The van der Waals surface area contributed by atoms with Gasteiger partial charge in [-0.25, -0.2) is 9.97 Å². The fraction of sp³-hybridized carbons (Fsp3) is 0.440. The number of aryl methyl sites for hydroxylation is 2. The predicted octanol–water partition coefficient (Wildman–Crippen LogP) is 3.34.